The van der Waals surface area contributed by atoms with Crippen LogP contribution in [0.15, 0.2) is 66.7 Å². The molecule has 0 spiro atoms. The minimum absolute atomic E-state index is 0.0283. The summed E-state index contributed by atoms with van der Waals surface area (Å²) in [6.45, 7) is 0.690. The van der Waals surface area contributed by atoms with E-state index in [1.54, 1.807) is 11.0 Å². The predicted octanol–water partition coefficient (Wildman–Crippen LogP) is 7.20. The molecule has 1 aliphatic heterocycles. The Hall–Kier alpha value is -4.07. The first-order chi connectivity index (χ1) is 18.2. The van der Waals surface area contributed by atoms with Gasteiger partial charge >= 0.3 is 12.1 Å². The maximum Gasteiger partial charge on any atom is 0.416 e. The van der Waals surface area contributed by atoms with E-state index in [0.29, 0.717) is 66.8 Å². The van der Waals surface area contributed by atoms with E-state index in [1.807, 2.05) is 30.3 Å². The van der Waals surface area contributed by atoms with Crippen molar-refractivity contribution < 1.29 is 32.6 Å². The fourth-order valence-corrected chi connectivity index (χ4v) is 5.15. The lowest BCUT2D eigenvalue weighted by molar-refractivity contribution is -0.137. The highest BCUT2D eigenvalue weighted by atomic mass is 19.4. The van der Waals surface area contributed by atoms with E-state index in [9.17, 15) is 27.9 Å². The van der Waals surface area contributed by atoms with Crippen LogP contribution in [0.1, 0.15) is 64.7 Å². The van der Waals surface area contributed by atoms with Crippen LogP contribution in [0.25, 0.3) is 11.1 Å². The van der Waals surface area contributed by atoms with Crippen LogP contribution in [-0.4, -0.2) is 23.5 Å². The van der Waals surface area contributed by atoms with Gasteiger partial charge in [-0.3, -0.25) is 4.79 Å². The van der Waals surface area contributed by atoms with Crippen LogP contribution in [0.2, 0.25) is 0 Å². The minimum atomic E-state index is -4.53. The Kier molecular flexibility index (Phi) is 6.97. The molecule has 1 aliphatic carbocycles. The van der Waals surface area contributed by atoms with Gasteiger partial charge in [0.15, 0.2) is 0 Å². The van der Waals surface area contributed by atoms with E-state index in [0.717, 1.165) is 23.3 Å². The molecule has 1 N–H and O–H groups in total. The SMILES string of the molecule is O=C(O)c1cc(C2=C(c3cc(C(F)(F)F)ccc3OCc3ccccc3)CCC2)cc(N2CCCC2=O)c1. The molecule has 196 valence electrons. The monoisotopic (exact) mass is 521 g/mol. The molecule has 5 nitrogen and oxygen atoms in total. The Labute approximate surface area is 218 Å². The number of anilines is 1. The van der Waals surface area contributed by atoms with Gasteiger partial charge < -0.3 is 14.7 Å². The predicted molar refractivity (Wildman–Crippen MR) is 138 cm³/mol. The molecular formula is C30H26F3NO4. The van der Waals surface area contributed by atoms with Crippen molar-refractivity contribution in [1.29, 1.82) is 0 Å². The molecule has 0 unspecified atom stereocenters. The smallest absolute Gasteiger partial charge is 0.416 e. The highest BCUT2D eigenvalue weighted by Gasteiger charge is 2.33. The number of carboxylic acid groups (broad SMARTS) is 1. The van der Waals surface area contributed by atoms with Crippen LogP contribution in [0.4, 0.5) is 18.9 Å². The zero-order valence-corrected chi connectivity index (χ0v) is 20.6. The molecule has 0 radical (unpaired) electrons. The van der Waals surface area contributed by atoms with Gasteiger partial charge in [0.1, 0.15) is 12.4 Å². The highest BCUT2D eigenvalue weighted by Crippen LogP contribution is 2.45. The van der Waals surface area contributed by atoms with Crippen molar-refractivity contribution in [2.24, 2.45) is 0 Å². The van der Waals surface area contributed by atoms with Gasteiger partial charge in [0, 0.05) is 24.2 Å². The second-order valence-corrected chi connectivity index (χ2v) is 9.52. The third kappa shape index (κ3) is 5.30. The molecule has 1 amide bonds. The Morgan fingerprint density at radius 3 is 2.37 bits per heavy atom. The molecule has 38 heavy (non-hydrogen) atoms. The van der Waals surface area contributed by atoms with Crippen molar-refractivity contribution in [3.8, 4) is 5.75 Å². The van der Waals surface area contributed by atoms with Crippen molar-refractivity contribution in [1.82, 2.24) is 0 Å². The lowest BCUT2D eigenvalue weighted by atomic mass is 9.93. The van der Waals surface area contributed by atoms with Crippen molar-refractivity contribution in [3.05, 3.63) is 94.5 Å². The topological polar surface area (TPSA) is 66.8 Å². The number of ether oxygens (including phenoxy) is 1. The van der Waals surface area contributed by atoms with Crippen LogP contribution in [0, 0.1) is 0 Å². The number of carbonyl (C=O) groups is 2. The molecule has 0 saturated carbocycles. The second kappa shape index (κ2) is 10.4. The van der Waals surface area contributed by atoms with Crippen LogP contribution in [-0.2, 0) is 17.6 Å². The molecular weight excluding hydrogens is 495 g/mol. The maximum absolute atomic E-state index is 13.7. The second-order valence-electron chi connectivity index (χ2n) is 9.52. The zero-order valence-electron chi connectivity index (χ0n) is 20.6. The van der Waals surface area contributed by atoms with Gasteiger partial charge in [0.05, 0.1) is 11.1 Å². The van der Waals surface area contributed by atoms with Crippen molar-refractivity contribution in [2.45, 2.75) is 44.9 Å². The summed E-state index contributed by atoms with van der Waals surface area (Å²) in [7, 11) is 0. The summed E-state index contributed by atoms with van der Waals surface area (Å²) in [5, 5.41) is 9.75. The minimum Gasteiger partial charge on any atom is -0.488 e. The lowest BCUT2D eigenvalue weighted by Crippen LogP contribution is -2.24. The first-order valence-corrected chi connectivity index (χ1v) is 12.5. The lowest BCUT2D eigenvalue weighted by Gasteiger charge is -2.20. The molecule has 5 rings (SSSR count). The van der Waals surface area contributed by atoms with Gasteiger partial charge in [0.2, 0.25) is 5.91 Å². The molecule has 2 aliphatic rings. The standard InChI is InChI=1S/C30H26F3NO4/c31-30(32,33)22-11-12-27(38-18-19-6-2-1-3-7-19)26(17-22)25-9-4-8-24(25)20-14-21(29(36)37)16-23(15-20)34-13-5-10-28(34)35/h1-3,6-7,11-12,14-17H,4-5,8-10,13,18H2,(H,36,37). The molecule has 3 aromatic rings. The number of aromatic carboxylic acids is 1. The molecule has 0 atom stereocenters. The highest BCUT2D eigenvalue weighted by molar-refractivity contribution is 6.01. The number of hydrogen-bond donors (Lipinski definition) is 1. The van der Waals surface area contributed by atoms with Crippen LogP contribution in [0.5, 0.6) is 5.75 Å². The number of hydrogen-bond acceptors (Lipinski definition) is 3. The summed E-state index contributed by atoms with van der Waals surface area (Å²) in [6.07, 6.45) is -1.65. The molecule has 1 saturated heterocycles. The molecule has 0 bridgehead atoms. The van der Waals surface area contributed by atoms with E-state index in [4.69, 9.17) is 4.74 Å². The van der Waals surface area contributed by atoms with Crippen molar-refractivity contribution in [2.75, 3.05) is 11.4 Å². The molecule has 1 heterocycles. The Morgan fingerprint density at radius 1 is 0.921 bits per heavy atom. The van der Waals surface area contributed by atoms with Gasteiger partial charge in [-0.05, 0) is 84.4 Å². The Bertz CT molecular complexity index is 1410. The molecule has 0 aromatic heterocycles. The summed E-state index contributed by atoms with van der Waals surface area (Å²) in [5.41, 5.74) is 3.03. The number of carboxylic acids is 1. The summed E-state index contributed by atoms with van der Waals surface area (Å²) in [5.74, 6) is -0.875. The van der Waals surface area contributed by atoms with Crippen LogP contribution in [0.3, 0.4) is 0 Å². The molecule has 3 aromatic carbocycles. The number of nitrogens with zero attached hydrogens (tertiary/aromatic N) is 1. The van der Waals surface area contributed by atoms with E-state index in [-0.39, 0.29) is 18.1 Å². The van der Waals surface area contributed by atoms with Gasteiger partial charge in [-0.15, -0.1) is 0 Å². The largest absolute Gasteiger partial charge is 0.488 e. The number of benzene rings is 3. The molecule has 1 fully saturated rings. The van der Waals surface area contributed by atoms with Gasteiger partial charge in [-0.2, -0.15) is 13.2 Å². The van der Waals surface area contributed by atoms with E-state index >= 15 is 0 Å². The van der Waals surface area contributed by atoms with Gasteiger partial charge in [-0.25, -0.2) is 4.79 Å². The van der Waals surface area contributed by atoms with Gasteiger partial charge in [0.25, 0.3) is 0 Å². The Balaban J connectivity index is 1.62. The molecule has 8 heteroatoms. The maximum atomic E-state index is 13.7. The fraction of sp³-hybridized carbons (Fsp3) is 0.267. The van der Waals surface area contributed by atoms with Crippen LogP contribution >= 0.6 is 0 Å². The fourth-order valence-electron chi connectivity index (χ4n) is 5.15. The normalized spacial score (nSPS) is 15.9. The van der Waals surface area contributed by atoms with E-state index < -0.39 is 17.7 Å². The van der Waals surface area contributed by atoms with Gasteiger partial charge in [-0.1, -0.05) is 30.3 Å². The number of carbonyl (C=O) groups excluding carboxylic acids is 1. The summed E-state index contributed by atoms with van der Waals surface area (Å²) < 4.78 is 47.1. The number of halogens is 3. The number of alkyl halides is 3. The zero-order chi connectivity index (χ0) is 26.9. The quantitative estimate of drug-likeness (QED) is 0.357. The third-order valence-corrected chi connectivity index (χ3v) is 6.99. The summed E-state index contributed by atoms with van der Waals surface area (Å²) >= 11 is 0. The summed E-state index contributed by atoms with van der Waals surface area (Å²) in [6, 6.07) is 17.6. The number of allylic oxidation sites excluding steroid dienone is 2. The third-order valence-electron chi connectivity index (χ3n) is 6.99. The van der Waals surface area contributed by atoms with Crippen molar-refractivity contribution >= 4 is 28.7 Å². The van der Waals surface area contributed by atoms with E-state index in [2.05, 4.69) is 0 Å². The average Bonchev–Trinajstić information content (AvgIpc) is 3.56. The first-order valence-electron chi connectivity index (χ1n) is 12.5. The summed E-state index contributed by atoms with van der Waals surface area (Å²) in [4.78, 5) is 25.9. The van der Waals surface area contributed by atoms with Crippen LogP contribution < -0.4 is 9.64 Å². The number of amides is 1. The van der Waals surface area contributed by atoms with Crippen molar-refractivity contribution in [3.63, 3.8) is 0 Å². The number of rotatable bonds is 7. The Morgan fingerprint density at radius 2 is 1.68 bits per heavy atom. The first kappa shape index (κ1) is 25.6. The average molecular weight is 522 g/mol. The van der Waals surface area contributed by atoms with E-state index in [1.165, 1.54) is 18.2 Å².